The average molecular weight is 428 g/mol. The van der Waals surface area contributed by atoms with E-state index in [1.54, 1.807) is 0 Å². The second-order valence-corrected chi connectivity index (χ2v) is 9.80. The Morgan fingerprint density at radius 1 is 1.26 bits per heavy atom. The number of hydrogen-bond donors (Lipinski definition) is 0. The molecule has 0 unspecified atom stereocenters. The number of amides is 1. The number of ether oxygens (including phenoxy) is 1. The molecular formula is C25H37N3O3. The zero-order chi connectivity index (χ0) is 22.6. The minimum Gasteiger partial charge on any atom is -0.378 e. The molecule has 2 aromatic rings. The largest absolute Gasteiger partial charge is 0.378 e. The van der Waals surface area contributed by atoms with Crippen molar-refractivity contribution in [2.75, 3.05) is 31.2 Å². The van der Waals surface area contributed by atoms with Crippen LogP contribution in [0.2, 0.25) is 0 Å². The van der Waals surface area contributed by atoms with Crippen LogP contribution in [0.4, 0.5) is 5.88 Å². The molecule has 0 aliphatic carbocycles. The number of hydrogen-bond acceptors (Lipinski definition) is 5. The highest BCUT2D eigenvalue weighted by atomic mass is 16.5. The van der Waals surface area contributed by atoms with E-state index < -0.39 is 0 Å². The Hall–Kier alpha value is -2.34. The predicted octanol–water partition coefficient (Wildman–Crippen LogP) is 5.05. The Morgan fingerprint density at radius 2 is 1.97 bits per heavy atom. The Balaban J connectivity index is 2.02. The van der Waals surface area contributed by atoms with Crippen molar-refractivity contribution in [2.45, 2.75) is 67.0 Å². The van der Waals surface area contributed by atoms with Crippen LogP contribution in [-0.4, -0.2) is 48.3 Å². The van der Waals surface area contributed by atoms with Crippen molar-refractivity contribution in [3.05, 3.63) is 35.4 Å². The van der Waals surface area contributed by atoms with Crippen molar-refractivity contribution in [1.82, 2.24) is 10.1 Å². The van der Waals surface area contributed by atoms with E-state index in [4.69, 9.17) is 9.26 Å². The molecule has 0 spiro atoms. The molecule has 1 amide bonds. The minimum absolute atomic E-state index is 0.0656. The summed E-state index contributed by atoms with van der Waals surface area (Å²) in [5, 5.41) is 4.48. The van der Waals surface area contributed by atoms with Crippen molar-refractivity contribution in [2.24, 2.45) is 5.41 Å². The van der Waals surface area contributed by atoms with Crippen LogP contribution < -0.4 is 4.90 Å². The highest BCUT2D eigenvalue weighted by Crippen LogP contribution is 2.34. The molecule has 1 fully saturated rings. The molecule has 6 heteroatoms. The van der Waals surface area contributed by atoms with Crippen LogP contribution in [0.25, 0.3) is 11.3 Å². The summed E-state index contributed by atoms with van der Waals surface area (Å²) in [6, 6.07) is 8.42. The van der Waals surface area contributed by atoms with Crippen molar-refractivity contribution in [3.8, 4) is 11.3 Å². The molecule has 1 aliphatic rings. The Bertz CT molecular complexity index is 878. The zero-order valence-electron chi connectivity index (χ0n) is 19.9. The van der Waals surface area contributed by atoms with E-state index in [9.17, 15) is 4.79 Å². The van der Waals surface area contributed by atoms with E-state index in [1.807, 2.05) is 11.0 Å². The van der Waals surface area contributed by atoms with Crippen molar-refractivity contribution < 1.29 is 14.1 Å². The Labute approximate surface area is 186 Å². The number of anilines is 1. The summed E-state index contributed by atoms with van der Waals surface area (Å²) in [5.41, 5.74) is 3.92. The molecule has 0 N–H and O–H groups in total. The first-order valence-electron chi connectivity index (χ1n) is 11.4. The zero-order valence-corrected chi connectivity index (χ0v) is 19.9. The summed E-state index contributed by atoms with van der Waals surface area (Å²) >= 11 is 0. The van der Waals surface area contributed by atoms with Gasteiger partial charge in [-0.1, -0.05) is 56.6 Å². The quantitative estimate of drug-likeness (QED) is 0.619. The van der Waals surface area contributed by atoms with E-state index in [-0.39, 0.29) is 17.4 Å². The maximum absolute atomic E-state index is 13.3. The van der Waals surface area contributed by atoms with Crippen LogP contribution in [0, 0.1) is 12.3 Å². The molecule has 1 atom stereocenters. The lowest BCUT2D eigenvalue weighted by molar-refractivity contribution is -0.135. The molecule has 1 aliphatic heterocycles. The molecule has 6 nitrogen and oxygen atoms in total. The lowest BCUT2D eigenvalue weighted by Gasteiger charge is -2.32. The lowest BCUT2D eigenvalue weighted by Crippen LogP contribution is -2.40. The normalized spacial score (nSPS) is 15.7. The molecule has 31 heavy (non-hydrogen) atoms. The topological polar surface area (TPSA) is 58.8 Å². The van der Waals surface area contributed by atoms with Gasteiger partial charge < -0.3 is 19.1 Å². The summed E-state index contributed by atoms with van der Waals surface area (Å²) in [6.07, 6.45) is 1.41. The third kappa shape index (κ3) is 5.88. The Morgan fingerprint density at radius 3 is 2.58 bits per heavy atom. The van der Waals surface area contributed by atoms with E-state index in [2.05, 4.69) is 69.8 Å². The number of aryl methyl sites for hydroxylation is 1. The van der Waals surface area contributed by atoms with Gasteiger partial charge in [-0.15, -0.1) is 0 Å². The molecule has 1 aromatic heterocycles. The molecular weight excluding hydrogens is 390 g/mol. The van der Waals surface area contributed by atoms with Crippen molar-refractivity contribution >= 4 is 11.8 Å². The smallest absolute Gasteiger partial charge is 0.233 e. The molecule has 0 saturated carbocycles. The summed E-state index contributed by atoms with van der Waals surface area (Å²) in [5.74, 6) is 0.933. The van der Waals surface area contributed by atoms with Crippen LogP contribution in [0.5, 0.6) is 0 Å². The van der Waals surface area contributed by atoms with Gasteiger partial charge in [0.2, 0.25) is 11.8 Å². The Kier molecular flexibility index (Phi) is 7.42. The molecule has 1 aromatic carbocycles. The minimum atomic E-state index is -0.0656. The third-order valence-electron chi connectivity index (χ3n) is 5.81. The van der Waals surface area contributed by atoms with Crippen molar-refractivity contribution in [1.29, 1.82) is 0 Å². The first-order valence-corrected chi connectivity index (χ1v) is 11.4. The second-order valence-electron chi connectivity index (χ2n) is 9.80. The van der Waals surface area contributed by atoms with Crippen LogP contribution in [0.3, 0.4) is 0 Å². The maximum atomic E-state index is 13.3. The molecule has 0 bridgehead atoms. The highest BCUT2D eigenvalue weighted by molar-refractivity contribution is 5.78. The highest BCUT2D eigenvalue weighted by Gasteiger charge is 2.30. The van der Waals surface area contributed by atoms with Gasteiger partial charge in [-0.2, -0.15) is 0 Å². The van der Waals surface area contributed by atoms with Crippen molar-refractivity contribution in [3.63, 3.8) is 0 Å². The fraction of sp³-hybridized carbons (Fsp3) is 0.600. The van der Waals surface area contributed by atoms with Crippen LogP contribution in [-0.2, 0) is 16.1 Å². The maximum Gasteiger partial charge on any atom is 0.233 e. The molecule has 1 saturated heterocycles. The average Bonchev–Trinajstić information content (AvgIpc) is 3.14. The third-order valence-corrected chi connectivity index (χ3v) is 5.81. The summed E-state index contributed by atoms with van der Waals surface area (Å²) in [6.45, 7) is 16.0. The van der Waals surface area contributed by atoms with Crippen LogP contribution in [0.1, 0.15) is 58.6 Å². The number of morpholine rings is 1. The fourth-order valence-corrected chi connectivity index (χ4v) is 3.91. The fourth-order valence-electron chi connectivity index (χ4n) is 3.91. The molecule has 3 rings (SSSR count). The number of nitrogens with zero attached hydrogens (tertiary/aromatic N) is 3. The van der Waals surface area contributed by atoms with Crippen LogP contribution >= 0.6 is 0 Å². The van der Waals surface area contributed by atoms with Gasteiger partial charge in [0.25, 0.3) is 0 Å². The molecule has 2 heterocycles. The van der Waals surface area contributed by atoms with E-state index in [0.717, 1.165) is 42.2 Å². The van der Waals surface area contributed by atoms with Crippen LogP contribution in [0.15, 0.2) is 28.8 Å². The van der Waals surface area contributed by atoms with Gasteiger partial charge in [-0.05, 0) is 31.7 Å². The van der Waals surface area contributed by atoms with Gasteiger partial charge >= 0.3 is 0 Å². The number of aromatic nitrogens is 1. The number of benzene rings is 1. The monoisotopic (exact) mass is 427 g/mol. The number of carbonyl (C=O) groups is 1. The number of rotatable bonds is 7. The first kappa shape index (κ1) is 23.3. The first-order chi connectivity index (χ1) is 14.7. The predicted molar refractivity (Wildman–Crippen MR) is 124 cm³/mol. The summed E-state index contributed by atoms with van der Waals surface area (Å²) < 4.78 is 11.4. The molecule has 170 valence electrons. The van der Waals surface area contributed by atoms with Gasteiger partial charge in [0.05, 0.1) is 25.3 Å². The molecule has 0 radical (unpaired) electrons. The summed E-state index contributed by atoms with van der Waals surface area (Å²) in [7, 11) is 0. The van der Waals surface area contributed by atoms with Gasteiger partial charge in [0.15, 0.2) is 0 Å². The lowest BCUT2D eigenvalue weighted by atomic mass is 9.91. The van der Waals surface area contributed by atoms with Gasteiger partial charge in [0, 0.05) is 31.1 Å². The van der Waals surface area contributed by atoms with Gasteiger partial charge in [-0.25, -0.2) is 0 Å². The second kappa shape index (κ2) is 9.86. The summed E-state index contributed by atoms with van der Waals surface area (Å²) in [4.78, 5) is 17.5. The van der Waals surface area contributed by atoms with E-state index >= 15 is 0 Å². The van der Waals surface area contributed by atoms with E-state index in [1.165, 1.54) is 5.56 Å². The standard InChI is InChI=1S/C25H37N3O3/c1-7-19(3)28(22(29)16-25(4,5)6)17-21-23(20-10-8-9-18(2)15-20)26-31-24(21)27-11-13-30-14-12-27/h8-10,15,19H,7,11-14,16-17H2,1-6H3/t19-/m0/s1. The SMILES string of the molecule is CC[C@H](C)N(Cc1c(-c2cccc(C)c2)noc1N1CCOCC1)C(=O)CC(C)(C)C. The van der Waals surface area contributed by atoms with Gasteiger partial charge in [0.1, 0.15) is 5.69 Å². The van der Waals surface area contributed by atoms with Gasteiger partial charge in [-0.3, -0.25) is 4.79 Å². The van der Waals surface area contributed by atoms with E-state index in [0.29, 0.717) is 26.2 Å². The number of carbonyl (C=O) groups excluding carboxylic acids is 1.